The molecule has 1 aromatic heterocycles. The fourth-order valence-corrected chi connectivity index (χ4v) is 3.88. The number of hydrogen-bond donors (Lipinski definition) is 4. The first-order chi connectivity index (χ1) is 17.0. The second-order valence-corrected chi connectivity index (χ2v) is 8.37. The molecule has 1 heterocycles. The molecule has 0 saturated carbocycles. The largest absolute Gasteiger partial charge is 0.480 e. The number of rotatable bonds is 10. The van der Waals surface area contributed by atoms with Crippen molar-refractivity contribution < 1.29 is 14.7 Å². The van der Waals surface area contributed by atoms with Gasteiger partial charge in [0.2, 0.25) is 5.91 Å². The molecule has 0 fully saturated rings. The Balaban J connectivity index is 1.53. The van der Waals surface area contributed by atoms with Gasteiger partial charge in [-0.05, 0) is 52.4 Å². The van der Waals surface area contributed by atoms with Crippen LogP contribution < -0.4 is 10.6 Å². The molecule has 4 rings (SSSR count). The summed E-state index contributed by atoms with van der Waals surface area (Å²) in [6, 6.07) is 22.6. The average molecular weight is 491 g/mol. The number of amides is 1. The quantitative estimate of drug-likeness (QED) is 0.268. The Labute approximate surface area is 206 Å². The Morgan fingerprint density at radius 2 is 1.60 bits per heavy atom. The first-order valence-corrected chi connectivity index (χ1v) is 11.3. The van der Waals surface area contributed by atoms with E-state index in [1.54, 1.807) is 0 Å². The third kappa shape index (κ3) is 6.72. The first-order valence-electron chi connectivity index (χ1n) is 10.9. The predicted octanol–water partition coefficient (Wildman–Crippen LogP) is 3.36. The van der Waals surface area contributed by atoms with Crippen LogP contribution in [0.15, 0.2) is 78.9 Å². The van der Waals surface area contributed by atoms with E-state index in [9.17, 15) is 14.7 Å². The molecule has 0 bridgehead atoms. The lowest BCUT2D eigenvalue weighted by Crippen LogP contribution is -2.51. The van der Waals surface area contributed by atoms with Crippen molar-refractivity contribution in [2.24, 2.45) is 0 Å². The number of halogens is 1. The van der Waals surface area contributed by atoms with Crippen LogP contribution in [0.1, 0.15) is 11.1 Å². The summed E-state index contributed by atoms with van der Waals surface area (Å²) in [5, 5.41) is 29.2. The number of aliphatic carboxylic acids is 1. The summed E-state index contributed by atoms with van der Waals surface area (Å²) in [5.74, 6) is -1.51. The number of tetrazole rings is 1. The van der Waals surface area contributed by atoms with Crippen LogP contribution in [-0.4, -0.2) is 49.7 Å². The molecule has 0 aliphatic carbocycles. The summed E-state index contributed by atoms with van der Waals surface area (Å²) in [5.41, 5.74) is 3.64. The molecule has 9 nitrogen and oxygen atoms in total. The van der Waals surface area contributed by atoms with Crippen molar-refractivity contribution >= 4 is 29.4 Å². The lowest BCUT2D eigenvalue weighted by atomic mass is 9.99. The highest BCUT2D eigenvalue weighted by molar-refractivity contribution is 6.30. The van der Waals surface area contributed by atoms with Gasteiger partial charge in [0.05, 0.1) is 6.04 Å². The molecule has 3 aromatic carbocycles. The first kappa shape index (κ1) is 24.1. The van der Waals surface area contributed by atoms with Gasteiger partial charge < -0.3 is 5.11 Å². The second kappa shape index (κ2) is 11.4. The number of carboxylic acid groups (broad SMARTS) is 1. The maximum atomic E-state index is 13.0. The van der Waals surface area contributed by atoms with Gasteiger partial charge in [-0.2, -0.15) is 5.21 Å². The van der Waals surface area contributed by atoms with Gasteiger partial charge in [0.15, 0.2) is 0 Å². The Hall–Kier alpha value is -4.08. The maximum absolute atomic E-state index is 13.0. The second-order valence-electron chi connectivity index (χ2n) is 7.94. The highest BCUT2D eigenvalue weighted by atomic mass is 35.5. The molecule has 0 aliphatic rings. The number of nitrogens with one attached hydrogen (secondary N) is 3. The van der Waals surface area contributed by atoms with Gasteiger partial charge in [-0.25, -0.2) is 0 Å². The molecule has 4 aromatic rings. The summed E-state index contributed by atoms with van der Waals surface area (Å²) in [6.45, 7) is 0. The Kier molecular flexibility index (Phi) is 7.81. The lowest BCUT2D eigenvalue weighted by Gasteiger charge is -2.23. The number of carboxylic acids is 1. The fourth-order valence-electron chi connectivity index (χ4n) is 3.69. The minimum atomic E-state index is -1.05. The molecule has 10 heteroatoms. The lowest BCUT2D eigenvalue weighted by molar-refractivity contribution is -0.139. The number of aromatic amines is 1. The van der Waals surface area contributed by atoms with E-state index in [1.165, 1.54) is 0 Å². The van der Waals surface area contributed by atoms with E-state index < -0.39 is 24.0 Å². The minimum Gasteiger partial charge on any atom is -0.480 e. The number of benzene rings is 3. The Morgan fingerprint density at radius 3 is 2.26 bits per heavy atom. The van der Waals surface area contributed by atoms with Crippen LogP contribution >= 0.6 is 11.6 Å². The molecule has 1 amide bonds. The van der Waals surface area contributed by atoms with Crippen LogP contribution in [0.4, 0.5) is 5.95 Å². The highest BCUT2D eigenvalue weighted by Crippen LogP contribution is 2.23. The molecule has 0 spiro atoms. The van der Waals surface area contributed by atoms with Gasteiger partial charge >= 0.3 is 5.97 Å². The summed E-state index contributed by atoms with van der Waals surface area (Å²) < 4.78 is 0. The van der Waals surface area contributed by atoms with E-state index in [2.05, 4.69) is 31.3 Å². The van der Waals surface area contributed by atoms with E-state index >= 15 is 0 Å². The molecule has 0 saturated heterocycles. The molecule has 0 aliphatic heterocycles. The zero-order valence-electron chi connectivity index (χ0n) is 18.6. The van der Waals surface area contributed by atoms with Crippen LogP contribution in [0.2, 0.25) is 5.02 Å². The summed E-state index contributed by atoms with van der Waals surface area (Å²) in [7, 11) is 0. The van der Waals surface area contributed by atoms with Crippen molar-refractivity contribution in [3.63, 3.8) is 0 Å². The number of aromatic nitrogens is 4. The number of hydrogen-bond acceptors (Lipinski definition) is 6. The Bertz CT molecular complexity index is 1270. The average Bonchev–Trinajstić information content (AvgIpc) is 3.37. The normalized spacial score (nSPS) is 12.6. The third-order valence-corrected chi connectivity index (χ3v) is 5.67. The van der Waals surface area contributed by atoms with Crippen molar-refractivity contribution in [1.82, 2.24) is 25.9 Å². The highest BCUT2D eigenvalue weighted by Gasteiger charge is 2.27. The minimum absolute atomic E-state index is 0.00744. The summed E-state index contributed by atoms with van der Waals surface area (Å²) >= 11 is 6.10. The van der Waals surface area contributed by atoms with Gasteiger partial charge in [-0.15, -0.1) is 5.10 Å². The van der Waals surface area contributed by atoms with Crippen molar-refractivity contribution in [1.29, 1.82) is 0 Å². The monoisotopic (exact) mass is 490 g/mol. The fraction of sp³-hybridized carbons (Fsp3) is 0.160. The van der Waals surface area contributed by atoms with E-state index in [0.29, 0.717) is 5.02 Å². The standard InChI is InChI=1S/C25H23ClN6O3/c26-20-8-4-7-19(15-20)18-11-9-17(10-12-18)13-21(23(33)28-25-29-31-32-30-25)27-22(24(34)35)14-16-5-2-1-3-6-16/h1-12,15,21-22,27H,13-14H2,(H,34,35)(H2,28,29,30,31,32,33). The van der Waals surface area contributed by atoms with E-state index in [1.807, 2.05) is 78.9 Å². The number of nitrogens with zero attached hydrogens (tertiary/aromatic N) is 3. The van der Waals surface area contributed by atoms with Gasteiger partial charge in [0.1, 0.15) is 6.04 Å². The molecular weight excluding hydrogens is 468 g/mol. The molecule has 178 valence electrons. The van der Waals surface area contributed by atoms with Crippen LogP contribution in [0.25, 0.3) is 11.1 Å². The van der Waals surface area contributed by atoms with E-state index in [-0.39, 0.29) is 18.8 Å². The Morgan fingerprint density at radius 1 is 0.886 bits per heavy atom. The third-order valence-electron chi connectivity index (χ3n) is 5.43. The van der Waals surface area contributed by atoms with Gasteiger partial charge in [-0.3, -0.25) is 20.2 Å². The van der Waals surface area contributed by atoms with E-state index in [4.69, 9.17) is 11.6 Å². The van der Waals surface area contributed by atoms with Crippen molar-refractivity contribution in [2.45, 2.75) is 24.9 Å². The number of carbonyl (C=O) groups excluding carboxylic acids is 1. The van der Waals surface area contributed by atoms with E-state index in [0.717, 1.165) is 22.3 Å². The SMILES string of the molecule is O=C(O)C(Cc1ccccc1)NC(Cc1ccc(-c2cccc(Cl)c2)cc1)C(=O)Nc1nn[nH]n1. The smallest absolute Gasteiger partial charge is 0.321 e. The number of carbonyl (C=O) groups is 2. The molecule has 2 unspecified atom stereocenters. The topological polar surface area (TPSA) is 133 Å². The van der Waals surface area contributed by atoms with Gasteiger partial charge in [0.25, 0.3) is 5.95 Å². The summed E-state index contributed by atoms with van der Waals surface area (Å²) in [6.07, 6.45) is 0.466. The van der Waals surface area contributed by atoms with Crippen LogP contribution in [-0.2, 0) is 22.4 Å². The van der Waals surface area contributed by atoms with Crippen molar-refractivity contribution in [3.05, 3.63) is 95.0 Å². The van der Waals surface area contributed by atoms with Crippen LogP contribution in [0.3, 0.4) is 0 Å². The molecule has 2 atom stereocenters. The molecule has 0 radical (unpaired) electrons. The van der Waals surface area contributed by atoms with Crippen molar-refractivity contribution in [3.8, 4) is 11.1 Å². The molecule has 4 N–H and O–H groups in total. The summed E-state index contributed by atoms with van der Waals surface area (Å²) in [4.78, 5) is 25.1. The molecule has 35 heavy (non-hydrogen) atoms. The van der Waals surface area contributed by atoms with Crippen LogP contribution in [0.5, 0.6) is 0 Å². The predicted molar refractivity (Wildman–Crippen MR) is 132 cm³/mol. The van der Waals surface area contributed by atoms with Crippen LogP contribution in [0, 0.1) is 0 Å². The molecular formula is C25H23ClN6O3. The number of anilines is 1. The number of H-pyrrole nitrogens is 1. The van der Waals surface area contributed by atoms with Gasteiger partial charge in [-0.1, -0.05) is 83.4 Å². The zero-order valence-corrected chi connectivity index (χ0v) is 19.3. The zero-order chi connectivity index (χ0) is 24.6. The van der Waals surface area contributed by atoms with Gasteiger partial charge in [0, 0.05) is 5.02 Å². The maximum Gasteiger partial charge on any atom is 0.321 e. The van der Waals surface area contributed by atoms with Crippen molar-refractivity contribution in [2.75, 3.05) is 5.32 Å².